The smallest absolute Gasteiger partial charge is 0.410 e. The van der Waals surface area contributed by atoms with Gasteiger partial charge in [0.2, 0.25) is 0 Å². The van der Waals surface area contributed by atoms with Gasteiger partial charge in [0.05, 0.1) is 12.1 Å². The molecule has 0 N–H and O–H groups in total. The average Bonchev–Trinajstić information content (AvgIpc) is 3.64. The van der Waals surface area contributed by atoms with Crippen LogP contribution in [0.25, 0.3) is 11.4 Å². The molecule has 0 unspecified atom stereocenters. The Morgan fingerprint density at radius 1 is 1.09 bits per heavy atom. The molecule has 1 aliphatic rings. The standard InChI is InChI=1S/C32H47N5O5SSi/c1-32(2,3)44(7,8)42-28-17-19-36(22-28)23-29(35(6)31(38)41-24-25-13-10-9-11-14-25)26-15-12-16-27(21-26)30-33-18-20-37(30)43(39,40)34(4)5/h9-16,18,20-21,28-29H,17,19,22-24H2,1-8H3/t28-,29+/m0/s1. The molecule has 2 atom stereocenters. The Kier molecular flexibility index (Phi) is 10.4. The predicted molar refractivity (Wildman–Crippen MR) is 176 cm³/mol. The molecule has 1 aliphatic heterocycles. The number of ether oxygens (including phenoxy) is 1. The number of carbonyl (C=O) groups is 1. The monoisotopic (exact) mass is 641 g/mol. The quantitative estimate of drug-likeness (QED) is 0.251. The molecule has 1 amide bonds. The summed E-state index contributed by atoms with van der Waals surface area (Å²) in [5, 5.41) is 0.123. The van der Waals surface area contributed by atoms with Gasteiger partial charge in [-0.25, -0.2) is 13.8 Å². The fourth-order valence-electron chi connectivity index (χ4n) is 5.04. The Bertz CT molecular complexity index is 1520. The van der Waals surface area contributed by atoms with Crippen molar-refractivity contribution in [3.05, 3.63) is 78.1 Å². The summed E-state index contributed by atoms with van der Waals surface area (Å²) in [7, 11) is -0.978. The normalized spacial score (nSPS) is 17.2. The lowest BCUT2D eigenvalue weighted by Gasteiger charge is -2.38. The van der Waals surface area contributed by atoms with E-state index >= 15 is 0 Å². The van der Waals surface area contributed by atoms with Gasteiger partial charge in [-0.3, -0.25) is 4.90 Å². The summed E-state index contributed by atoms with van der Waals surface area (Å²) in [6.45, 7) is 13.7. The van der Waals surface area contributed by atoms with Gasteiger partial charge in [0.25, 0.3) is 0 Å². The number of imidazole rings is 1. The molecule has 1 fully saturated rings. The lowest BCUT2D eigenvalue weighted by molar-refractivity contribution is 0.0819. The van der Waals surface area contributed by atoms with Crippen LogP contribution in [-0.2, 0) is 26.0 Å². The Hall–Kier alpha value is -3.03. The van der Waals surface area contributed by atoms with E-state index in [1.165, 1.54) is 30.5 Å². The second-order valence-electron chi connectivity index (χ2n) is 13.2. The fourth-order valence-corrected chi connectivity index (χ4v) is 7.35. The highest BCUT2D eigenvalue weighted by atomic mass is 32.2. The Morgan fingerprint density at radius 3 is 2.45 bits per heavy atom. The van der Waals surface area contributed by atoms with E-state index in [1.807, 2.05) is 54.6 Å². The highest BCUT2D eigenvalue weighted by Crippen LogP contribution is 2.38. The van der Waals surface area contributed by atoms with Crippen LogP contribution in [-0.4, -0.2) is 92.8 Å². The molecule has 0 radical (unpaired) electrons. The van der Waals surface area contributed by atoms with Gasteiger partial charge < -0.3 is 14.1 Å². The number of nitrogens with zero attached hydrogens (tertiary/aromatic N) is 5. The number of rotatable bonds is 11. The minimum absolute atomic E-state index is 0.123. The van der Waals surface area contributed by atoms with Gasteiger partial charge in [-0.05, 0) is 41.7 Å². The molecule has 12 heteroatoms. The highest BCUT2D eigenvalue weighted by molar-refractivity contribution is 7.87. The summed E-state index contributed by atoms with van der Waals surface area (Å²) in [5.74, 6) is 0.303. The SMILES string of the molecule is CN(C(=O)OCc1ccccc1)[C@H](CN1CC[C@H](O[Si](C)(C)C(C)(C)C)C1)c1cccc(-c2nccn2S(=O)(=O)N(C)C)c1. The van der Waals surface area contributed by atoms with Crippen molar-refractivity contribution in [2.24, 2.45) is 0 Å². The van der Waals surface area contributed by atoms with Gasteiger partial charge in [0.1, 0.15) is 6.61 Å². The minimum Gasteiger partial charge on any atom is -0.445 e. The predicted octanol–water partition coefficient (Wildman–Crippen LogP) is 5.61. The molecule has 0 aliphatic carbocycles. The van der Waals surface area contributed by atoms with Crippen LogP contribution in [0, 0.1) is 0 Å². The van der Waals surface area contributed by atoms with Crippen molar-refractivity contribution >= 4 is 24.6 Å². The van der Waals surface area contributed by atoms with Crippen LogP contribution in [0.2, 0.25) is 18.1 Å². The Morgan fingerprint density at radius 2 is 1.80 bits per heavy atom. The molecule has 1 aromatic heterocycles. The van der Waals surface area contributed by atoms with Crippen molar-refractivity contribution in [2.75, 3.05) is 40.8 Å². The molecular weight excluding hydrogens is 595 g/mol. The molecule has 1 saturated heterocycles. The minimum atomic E-state index is -3.78. The molecule has 3 aromatic rings. The van der Waals surface area contributed by atoms with Crippen LogP contribution >= 0.6 is 0 Å². The molecule has 0 spiro atoms. The zero-order valence-corrected chi connectivity index (χ0v) is 29.0. The maximum absolute atomic E-state index is 13.4. The molecule has 2 aromatic carbocycles. The maximum atomic E-state index is 13.4. The van der Waals surface area contributed by atoms with E-state index in [1.54, 1.807) is 11.9 Å². The lowest BCUT2D eigenvalue weighted by atomic mass is 10.0. The number of likely N-dealkylation sites (tertiary alicyclic amines) is 1. The second kappa shape index (κ2) is 13.5. The number of amides is 1. The van der Waals surface area contributed by atoms with Gasteiger partial charge in [-0.15, -0.1) is 0 Å². The topological polar surface area (TPSA) is 97.2 Å². The third-order valence-electron chi connectivity index (χ3n) is 8.74. The lowest BCUT2D eigenvalue weighted by Crippen LogP contribution is -2.45. The van der Waals surface area contributed by atoms with E-state index in [2.05, 4.69) is 43.7 Å². The van der Waals surface area contributed by atoms with Gasteiger partial charge in [0.15, 0.2) is 14.1 Å². The third-order valence-corrected chi connectivity index (χ3v) is 15.0. The summed E-state index contributed by atoms with van der Waals surface area (Å²) in [6.07, 6.45) is 3.55. The zero-order valence-electron chi connectivity index (χ0n) is 27.2. The summed E-state index contributed by atoms with van der Waals surface area (Å²) < 4.78 is 40.7. The van der Waals surface area contributed by atoms with E-state index in [9.17, 15) is 13.2 Å². The number of likely N-dealkylation sites (N-methyl/N-ethyl adjacent to an activating group) is 1. The third kappa shape index (κ3) is 7.78. The van der Waals surface area contributed by atoms with Crippen molar-refractivity contribution in [3.63, 3.8) is 0 Å². The molecule has 4 rings (SSSR count). The number of aromatic nitrogens is 2. The van der Waals surface area contributed by atoms with Gasteiger partial charge in [0, 0.05) is 58.7 Å². The van der Waals surface area contributed by atoms with Crippen LogP contribution < -0.4 is 0 Å². The summed E-state index contributed by atoms with van der Waals surface area (Å²) in [4.78, 5) is 21.8. The summed E-state index contributed by atoms with van der Waals surface area (Å²) >= 11 is 0. The largest absolute Gasteiger partial charge is 0.445 e. The summed E-state index contributed by atoms with van der Waals surface area (Å²) in [5.41, 5.74) is 2.40. The van der Waals surface area contributed by atoms with Gasteiger partial charge in [-0.2, -0.15) is 12.7 Å². The molecule has 10 nitrogen and oxygen atoms in total. The first-order valence-electron chi connectivity index (χ1n) is 15.0. The Labute approximate surface area is 263 Å². The van der Waals surface area contributed by atoms with Crippen LogP contribution in [0.4, 0.5) is 4.79 Å². The molecule has 0 saturated carbocycles. The van der Waals surface area contributed by atoms with E-state index in [0.717, 1.165) is 34.9 Å². The highest BCUT2D eigenvalue weighted by Gasteiger charge is 2.41. The first-order valence-corrected chi connectivity index (χ1v) is 19.3. The van der Waals surface area contributed by atoms with Gasteiger partial charge >= 0.3 is 16.3 Å². The molecule has 240 valence electrons. The van der Waals surface area contributed by atoms with Gasteiger partial charge in [-0.1, -0.05) is 69.3 Å². The summed E-state index contributed by atoms with van der Waals surface area (Å²) in [6, 6.07) is 16.8. The molecule has 2 heterocycles. The molecular formula is C32H47N5O5SSi. The van der Waals surface area contributed by atoms with Crippen LogP contribution in [0.15, 0.2) is 67.0 Å². The van der Waals surface area contributed by atoms with Crippen molar-refractivity contribution < 1.29 is 22.4 Å². The van der Waals surface area contributed by atoms with Crippen molar-refractivity contribution in [2.45, 2.75) is 64.1 Å². The van der Waals surface area contributed by atoms with Crippen LogP contribution in [0.1, 0.15) is 44.4 Å². The zero-order chi connectivity index (χ0) is 32.3. The number of hydrogen-bond acceptors (Lipinski definition) is 7. The number of carbonyl (C=O) groups excluding carboxylic acids is 1. The number of benzene rings is 2. The average molecular weight is 642 g/mol. The van der Waals surface area contributed by atoms with E-state index in [0.29, 0.717) is 17.9 Å². The molecule has 44 heavy (non-hydrogen) atoms. The molecule has 0 bridgehead atoms. The maximum Gasteiger partial charge on any atom is 0.410 e. The van der Waals surface area contributed by atoms with Crippen LogP contribution in [0.5, 0.6) is 0 Å². The van der Waals surface area contributed by atoms with Crippen molar-refractivity contribution in [1.82, 2.24) is 23.1 Å². The van der Waals surface area contributed by atoms with Crippen molar-refractivity contribution in [1.29, 1.82) is 0 Å². The first-order chi connectivity index (χ1) is 20.6. The second-order valence-corrected chi connectivity index (χ2v) is 20.0. The van der Waals surface area contributed by atoms with E-state index < -0.39 is 24.6 Å². The van der Waals surface area contributed by atoms with E-state index in [-0.39, 0.29) is 23.8 Å². The number of hydrogen-bond donors (Lipinski definition) is 0. The van der Waals surface area contributed by atoms with Crippen molar-refractivity contribution in [3.8, 4) is 11.4 Å². The van der Waals surface area contributed by atoms with E-state index in [4.69, 9.17) is 9.16 Å². The first kappa shape index (κ1) is 33.9. The fraction of sp³-hybridized carbons (Fsp3) is 0.500. The Balaban J connectivity index is 1.60. The van der Waals surface area contributed by atoms with Crippen LogP contribution in [0.3, 0.4) is 0 Å².